The van der Waals surface area contributed by atoms with Gasteiger partial charge in [0.25, 0.3) is 11.8 Å². The van der Waals surface area contributed by atoms with Gasteiger partial charge < -0.3 is 9.30 Å². The van der Waals surface area contributed by atoms with Gasteiger partial charge in [0.15, 0.2) is 6.61 Å². The molecule has 2 heterocycles. The van der Waals surface area contributed by atoms with Crippen molar-refractivity contribution in [3.63, 3.8) is 0 Å². The molecular weight excluding hydrogens is 368 g/mol. The number of nitrogens with one attached hydrogen (secondary N) is 2. The first kappa shape index (κ1) is 19.3. The lowest BCUT2D eigenvalue weighted by Gasteiger charge is -2.24. The second kappa shape index (κ2) is 8.92. The van der Waals surface area contributed by atoms with E-state index in [0.29, 0.717) is 10.8 Å². The van der Waals surface area contributed by atoms with Gasteiger partial charge in [-0.25, -0.2) is 0 Å². The van der Waals surface area contributed by atoms with Crippen molar-refractivity contribution in [3.8, 4) is 5.75 Å². The van der Waals surface area contributed by atoms with Crippen LogP contribution in [-0.2, 0) is 16.6 Å². The Balaban J connectivity index is 1.41. The van der Waals surface area contributed by atoms with E-state index in [2.05, 4.69) is 26.4 Å². The third-order valence-corrected chi connectivity index (χ3v) is 4.81. The summed E-state index contributed by atoms with van der Waals surface area (Å²) in [5, 5.41) is 0.592. The highest BCUT2D eigenvalue weighted by Gasteiger charge is 2.28. The summed E-state index contributed by atoms with van der Waals surface area (Å²) in [6.45, 7) is 0.892. The van der Waals surface area contributed by atoms with Gasteiger partial charge in [0, 0.05) is 24.0 Å². The van der Waals surface area contributed by atoms with Crippen LogP contribution in [0.3, 0.4) is 0 Å². The number of hydrogen-bond acceptors (Lipinski definition) is 4. The van der Waals surface area contributed by atoms with Gasteiger partial charge in [-0.15, -0.1) is 0 Å². The fraction of sp³-hybridized carbons (Fsp3) is 0.368. The largest absolute Gasteiger partial charge is 0.484 e. The van der Waals surface area contributed by atoms with Gasteiger partial charge in [-0.2, -0.15) is 0 Å². The molecule has 3 rings (SSSR count). The molecule has 27 heavy (non-hydrogen) atoms. The molecule has 1 aliphatic rings. The fourth-order valence-electron chi connectivity index (χ4n) is 3.25. The van der Waals surface area contributed by atoms with Gasteiger partial charge >= 0.3 is 0 Å². The zero-order valence-corrected chi connectivity index (χ0v) is 15.9. The number of rotatable bonds is 6. The highest BCUT2D eigenvalue weighted by molar-refractivity contribution is 6.30. The van der Waals surface area contributed by atoms with E-state index in [-0.39, 0.29) is 25.1 Å². The minimum atomic E-state index is -0.432. The molecule has 144 valence electrons. The molecule has 1 fully saturated rings. The lowest BCUT2D eigenvalue weighted by molar-refractivity contribution is -0.130. The molecule has 2 amide bonds. The van der Waals surface area contributed by atoms with Crippen LogP contribution in [0, 0.1) is 0 Å². The predicted octanol–water partition coefficient (Wildman–Crippen LogP) is 2.04. The van der Waals surface area contributed by atoms with Crippen LogP contribution in [0.25, 0.3) is 0 Å². The van der Waals surface area contributed by atoms with Gasteiger partial charge in [-0.05, 0) is 55.8 Å². The summed E-state index contributed by atoms with van der Waals surface area (Å²) in [6.07, 6.45) is 4.07. The first-order valence-electron chi connectivity index (χ1n) is 8.84. The number of aryl methyl sites for hydroxylation is 1. The summed E-state index contributed by atoms with van der Waals surface area (Å²) in [5.41, 5.74) is 6.02. The molecule has 2 aromatic rings. The molecule has 1 saturated heterocycles. The van der Waals surface area contributed by atoms with Crippen LogP contribution < -0.4 is 15.6 Å². The van der Waals surface area contributed by atoms with E-state index in [9.17, 15) is 9.59 Å². The molecular formula is C19H23ClN4O3. The molecule has 8 heteroatoms. The number of hydrogen-bond donors (Lipinski definition) is 2. The van der Waals surface area contributed by atoms with Crippen molar-refractivity contribution in [2.45, 2.75) is 18.9 Å². The van der Waals surface area contributed by atoms with Gasteiger partial charge in [0.05, 0.1) is 12.6 Å². The second-order valence-electron chi connectivity index (χ2n) is 6.51. The summed E-state index contributed by atoms with van der Waals surface area (Å²) in [7, 11) is 2.01. The maximum atomic E-state index is 12.2. The van der Waals surface area contributed by atoms with Crippen LogP contribution in [0.5, 0.6) is 5.75 Å². The van der Waals surface area contributed by atoms with E-state index in [1.807, 2.05) is 19.3 Å². The Hall–Kier alpha value is -2.51. The van der Waals surface area contributed by atoms with Crippen LogP contribution in [0.15, 0.2) is 42.6 Å². The minimum Gasteiger partial charge on any atom is -0.484 e. The number of halogens is 1. The Labute approximate surface area is 163 Å². The highest BCUT2D eigenvalue weighted by atomic mass is 35.5. The Morgan fingerprint density at radius 1 is 1.19 bits per heavy atom. The summed E-state index contributed by atoms with van der Waals surface area (Å²) in [5.74, 6) is -0.155. The van der Waals surface area contributed by atoms with Gasteiger partial charge in [-0.1, -0.05) is 11.6 Å². The van der Waals surface area contributed by atoms with Crippen LogP contribution in [0.1, 0.15) is 24.6 Å². The van der Waals surface area contributed by atoms with E-state index >= 15 is 0 Å². The third kappa shape index (κ3) is 5.24. The van der Waals surface area contributed by atoms with E-state index in [4.69, 9.17) is 16.3 Å². The van der Waals surface area contributed by atoms with Gasteiger partial charge in [0.1, 0.15) is 5.75 Å². The van der Waals surface area contributed by atoms with E-state index in [1.165, 1.54) is 5.69 Å². The standard InChI is InChI=1S/C19H23ClN4O3/c1-23-10-2-4-16(23)17-5-3-11-24(17)12-18(25)21-22-19(26)13-27-15-8-6-14(20)7-9-15/h2,4,6-10,17H,3,5,11-13H2,1H3,(H,21,25)(H,22,26)/t17-/m1/s1. The van der Waals surface area contributed by atoms with Crippen LogP contribution in [0.4, 0.5) is 0 Å². The normalized spacial score (nSPS) is 16.9. The number of amides is 2. The average Bonchev–Trinajstić information content (AvgIpc) is 3.27. The number of nitrogens with zero attached hydrogens (tertiary/aromatic N) is 2. The Morgan fingerprint density at radius 2 is 1.93 bits per heavy atom. The minimum absolute atomic E-state index is 0.197. The first-order chi connectivity index (χ1) is 13.0. The lowest BCUT2D eigenvalue weighted by Crippen LogP contribution is -2.47. The van der Waals surface area contributed by atoms with Crippen molar-refractivity contribution in [2.24, 2.45) is 7.05 Å². The van der Waals surface area contributed by atoms with Crippen molar-refractivity contribution in [2.75, 3.05) is 19.7 Å². The summed E-state index contributed by atoms with van der Waals surface area (Å²) in [4.78, 5) is 26.1. The van der Waals surface area contributed by atoms with Crippen LogP contribution >= 0.6 is 11.6 Å². The zero-order valence-electron chi connectivity index (χ0n) is 15.2. The SMILES string of the molecule is Cn1cccc1[C@H]1CCCN1CC(=O)NNC(=O)COc1ccc(Cl)cc1. The molecule has 0 unspecified atom stereocenters. The Kier molecular flexibility index (Phi) is 6.36. The van der Waals surface area contributed by atoms with Crippen molar-refractivity contribution < 1.29 is 14.3 Å². The maximum Gasteiger partial charge on any atom is 0.276 e. The quantitative estimate of drug-likeness (QED) is 0.740. The number of carbonyl (C=O) groups is 2. The molecule has 2 N–H and O–H groups in total. The van der Waals surface area contributed by atoms with Gasteiger partial charge in [-0.3, -0.25) is 25.3 Å². The number of ether oxygens (including phenoxy) is 1. The zero-order chi connectivity index (χ0) is 19.2. The Bertz CT molecular complexity index is 791. The number of carbonyl (C=O) groups excluding carboxylic acids is 2. The van der Waals surface area contributed by atoms with Crippen molar-refractivity contribution in [1.82, 2.24) is 20.3 Å². The van der Waals surface area contributed by atoms with E-state index < -0.39 is 5.91 Å². The molecule has 1 aliphatic heterocycles. The first-order valence-corrected chi connectivity index (χ1v) is 9.22. The predicted molar refractivity (Wildman–Crippen MR) is 102 cm³/mol. The number of likely N-dealkylation sites (tertiary alicyclic amines) is 1. The molecule has 1 aromatic heterocycles. The Morgan fingerprint density at radius 3 is 2.63 bits per heavy atom. The molecule has 0 aliphatic carbocycles. The van der Waals surface area contributed by atoms with Crippen molar-refractivity contribution in [3.05, 3.63) is 53.3 Å². The summed E-state index contributed by atoms with van der Waals surface area (Å²) >= 11 is 5.79. The topological polar surface area (TPSA) is 75.6 Å². The number of benzene rings is 1. The molecule has 1 aromatic carbocycles. The monoisotopic (exact) mass is 390 g/mol. The maximum absolute atomic E-state index is 12.2. The highest BCUT2D eigenvalue weighted by Crippen LogP contribution is 2.31. The van der Waals surface area contributed by atoms with Crippen molar-refractivity contribution in [1.29, 1.82) is 0 Å². The van der Waals surface area contributed by atoms with Crippen LogP contribution in [0.2, 0.25) is 5.02 Å². The number of hydrazine groups is 1. The van der Waals surface area contributed by atoms with Crippen molar-refractivity contribution >= 4 is 23.4 Å². The molecule has 0 spiro atoms. The molecule has 7 nitrogen and oxygen atoms in total. The average molecular weight is 391 g/mol. The summed E-state index contributed by atoms with van der Waals surface area (Å²) < 4.78 is 7.41. The summed E-state index contributed by atoms with van der Waals surface area (Å²) in [6, 6.07) is 11.0. The molecule has 1 atom stereocenters. The lowest BCUT2D eigenvalue weighted by atomic mass is 10.1. The molecule has 0 saturated carbocycles. The number of aromatic nitrogens is 1. The molecule has 0 radical (unpaired) electrons. The van der Waals surface area contributed by atoms with E-state index in [0.717, 1.165) is 19.4 Å². The third-order valence-electron chi connectivity index (χ3n) is 4.56. The van der Waals surface area contributed by atoms with Crippen LogP contribution in [-0.4, -0.2) is 41.0 Å². The molecule has 0 bridgehead atoms. The fourth-order valence-corrected chi connectivity index (χ4v) is 3.38. The smallest absolute Gasteiger partial charge is 0.276 e. The van der Waals surface area contributed by atoms with Gasteiger partial charge in [0.2, 0.25) is 0 Å². The second-order valence-corrected chi connectivity index (χ2v) is 6.95. The van der Waals surface area contributed by atoms with E-state index in [1.54, 1.807) is 24.3 Å².